The van der Waals surface area contributed by atoms with Crippen molar-refractivity contribution in [1.82, 2.24) is 0 Å². The van der Waals surface area contributed by atoms with Gasteiger partial charge in [0.25, 0.3) is 0 Å². The van der Waals surface area contributed by atoms with Crippen LogP contribution in [0, 0.1) is 0 Å². The molecule has 0 aliphatic carbocycles. The summed E-state index contributed by atoms with van der Waals surface area (Å²) in [6.45, 7) is 9.59. The predicted molar refractivity (Wildman–Crippen MR) is 98.9 cm³/mol. The number of unbranched alkanes of at least 4 members (excludes halogenated alkanes) is 1. The Bertz CT molecular complexity index is 554. The molecule has 0 saturated heterocycles. The molecular weight excluding hydrogens is 302 g/mol. The number of ether oxygens (including phenoxy) is 3. The van der Waals surface area contributed by atoms with Gasteiger partial charge < -0.3 is 19.5 Å². The first-order valence-corrected chi connectivity index (χ1v) is 8.88. The van der Waals surface area contributed by atoms with E-state index in [1.54, 1.807) is 0 Å². The Morgan fingerprint density at radius 3 is 2.75 bits per heavy atom. The topological polar surface area (TPSA) is 39.7 Å². The van der Waals surface area contributed by atoms with Gasteiger partial charge in [-0.15, -0.1) is 0 Å². The molecule has 4 nitrogen and oxygen atoms in total. The fraction of sp³-hybridized carbons (Fsp3) is 0.600. The number of anilines is 1. The van der Waals surface area contributed by atoms with E-state index in [9.17, 15) is 0 Å². The summed E-state index contributed by atoms with van der Waals surface area (Å²) in [5.74, 6) is 0.881. The maximum Gasteiger partial charge on any atom is 0.132 e. The Hall–Kier alpha value is -1.52. The van der Waals surface area contributed by atoms with Crippen LogP contribution in [0.3, 0.4) is 0 Å². The van der Waals surface area contributed by atoms with Crippen LogP contribution in [0.5, 0.6) is 5.75 Å². The lowest BCUT2D eigenvalue weighted by Gasteiger charge is -2.44. The van der Waals surface area contributed by atoms with Crippen LogP contribution in [0.2, 0.25) is 0 Å². The van der Waals surface area contributed by atoms with Gasteiger partial charge in [-0.1, -0.05) is 25.5 Å². The molecule has 2 unspecified atom stereocenters. The van der Waals surface area contributed by atoms with Crippen LogP contribution in [-0.2, 0) is 9.47 Å². The Labute approximate surface area is 146 Å². The highest BCUT2D eigenvalue weighted by Crippen LogP contribution is 2.44. The lowest BCUT2D eigenvalue weighted by molar-refractivity contribution is -0.157. The smallest absolute Gasteiger partial charge is 0.132 e. The van der Waals surface area contributed by atoms with Crippen LogP contribution in [0.1, 0.15) is 52.2 Å². The second kappa shape index (κ2) is 8.54. The molecule has 134 valence electrons. The summed E-state index contributed by atoms with van der Waals surface area (Å²) >= 11 is 0. The lowest BCUT2D eigenvalue weighted by Crippen LogP contribution is -2.51. The standard InChI is InChI=1S/C20H31NO3/c1-6-8-12-22-18-16-14-15(21-5)10-11-17(16)24-20(3,4)19(18)23-13-9-7-2/h7,9-11,14,18-19,21H,6,8,12-13H2,1-5H3. The zero-order valence-corrected chi connectivity index (χ0v) is 15.6. The second-order valence-corrected chi connectivity index (χ2v) is 6.68. The van der Waals surface area contributed by atoms with E-state index in [-0.39, 0.29) is 12.2 Å². The molecule has 0 amide bonds. The van der Waals surface area contributed by atoms with Crippen molar-refractivity contribution in [2.45, 2.75) is 58.3 Å². The average molecular weight is 333 g/mol. The Morgan fingerprint density at radius 1 is 1.29 bits per heavy atom. The molecule has 0 fully saturated rings. The van der Waals surface area contributed by atoms with Gasteiger partial charge in [0.2, 0.25) is 0 Å². The van der Waals surface area contributed by atoms with Crippen LogP contribution < -0.4 is 10.1 Å². The maximum atomic E-state index is 6.27. The van der Waals surface area contributed by atoms with Crippen LogP contribution in [0.4, 0.5) is 5.69 Å². The molecule has 0 radical (unpaired) electrons. The van der Waals surface area contributed by atoms with Gasteiger partial charge in [0.15, 0.2) is 0 Å². The molecule has 2 atom stereocenters. The highest BCUT2D eigenvalue weighted by Gasteiger charge is 2.45. The molecule has 1 N–H and O–H groups in total. The molecule has 1 aromatic carbocycles. The fourth-order valence-electron chi connectivity index (χ4n) is 2.96. The molecular formula is C20H31NO3. The van der Waals surface area contributed by atoms with Gasteiger partial charge >= 0.3 is 0 Å². The number of allylic oxidation sites excluding steroid dienone is 1. The maximum absolute atomic E-state index is 6.27. The van der Waals surface area contributed by atoms with Gasteiger partial charge in [-0.3, -0.25) is 0 Å². The Balaban J connectivity index is 2.34. The summed E-state index contributed by atoms with van der Waals surface area (Å²) in [4.78, 5) is 0. The largest absolute Gasteiger partial charge is 0.485 e. The van der Waals surface area contributed by atoms with Gasteiger partial charge in [-0.2, -0.15) is 0 Å². The summed E-state index contributed by atoms with van der Waals surface area (Å²) < 4.78 is 18.7. The highest BCUT2D eigenvalue weighted by molar-refractivity contribution is 5.53. The molecule has 2 rings (SSSR count). The van der Waals surface area contributed by atoms with Gasteiger partial charge in [0, 0.05) is 24.9 Å². The number of nitrogens with one attached hydrogen (secondary N) is 1. The minimum atomic E-state index is -0.452. The summed E-state index contributed by atoms with van der Waals surface area (Å²) in [6.07, 6.45) is 5.87. The highest BCUT2D eigenvalue weighted by atomic mass is 16.6. The molecule has 0 spiro atoms. The van der Waals surface area contributed by atoms with E-state index in [1.165, 1.54) is 0 Å². The number of fused-ring (bicyclic) bond motifs is 1. The molecule has 1 aliphatic rings. The van der Waals surface area contributed by atoms with Gasteiger partial charge in [0.1, 0.15) is 23.6 Å². The molecule has 0 bridgehead atoms. The summed E-state index contributed by atoms with van der Waals surface area (Å²) in [7, 11) is 1.92. The monoisotopic (exact) mass is 333 g/mol. The second-order valence-electron chi connectivity index (χ2n) is 6.68. The number of hydrogen-bond donors (Lipinski definition) is 1. The predicted octanol–water partition coefficient (Wildman–Crippen LogP) is 4.72. The summed E-state index contributed by atoms with van der Waals surface area (Å²) in [6, 6.07) is 6.15. The number of benzene rings is 1. The van der Waals surface area contributed by atoms with Crippen molar-refractivity contribution in [2.75, 3.05) is 25.6 Å². The van der Waals surface area contributed by atoms with Gasteiger partial charge in [-0.25, -0.2) is 0 Å². The van der Waals surface area contributed by atoms with Crippen LogP contribution in [-0.4, -0.2) is 32.0 Å². The third-order valence-electron chi connectivity index (χ3n) is 4.34. The van der Waals surface area contributed by atoms with E-state index in [0.717, 1.165) is 36.4 Å². The third kappa shape index (κ3) is 4.31. The minimum Gasteiger partial charge on any atom is -0.485 e. The quantitative estimate of drug-likeness (QED) is 0.552. The van der Waals surface area contributed by atoms with Gasteiger partial charge in [0.05, 0.1) is 6.61 Å². The first-order chi connectivity index (χ1) is 11.5. The molecule has 1 aliphatic heterocycles. The Morgan fingerprint density at radius 2 is 2.08 bits per heavy atom. The first kappa shape index (κ1) is 18.8. The van der Waals surface area contributed by atoms with Crippen molar-refractivity contribution < 1.29 is 14.2 Å². The van der Waals surface area contributed by atoms with Crippen molar-refractivity contribution in [3.63, 3.8) is 0 Å². The van der Waals surface area contributed by atoms with Crippen molar-refractivity contribution in [3.05, 3.63) is 35.9 Å². The van der Waals surface area contributed by atoms with Crippen LogP contribution in [0.25, 0.3) is 0 Å². The average Bonchev–Trinajstić information content (AvgIpc) is 2.56. The van der Waals surface area contributed by atoms with Crippen LogP contribution >= 0.6 is 0 Å². The Kier molecular flexibility index (Phi) is 6.69. The fourth-order valence-corrected chi connectivity index (χ4v) is 2.96. The number of rotatable bonds is 8. The van der Waals surface area contributed by atoms with E-state index in [1.807, 2.05) is 38.3 Å². The van der Waals surface area contributed by atoms with Crippen molar-refractivity contribution in [3.8, 4) is 5.75 Å². The first-order valence-electron chi connectivity index (χ1n) is 8.88. The normalized spacial score (nSPS) is 22.2. The van der Waals surface area contributed by atoms with Crippen molar-refractivity contribution in [2.24, 2.45) is 0 Å². The summed E-state index contributed by atoms with van der Waals surface area (Å²) in [5, 5.41) is 3.19. The van der Waals surface area contributed by atoms with E-state index >= 15 is 0 Å². The van der Waals surface area contributed by atoms with E-state index in [2.05, 4.69) is 32.2 Å². The zero-order valence-electron chi connectivity index (χ0n) is 15.6. The molecule has 1 aromatic rings. The molecule has 4 heteroatoms. The lowest BCUT2D eigenvalue weighted by atomic mass is 9.87. The van der Waals surface area contributed by atoms with Crippen molar-refractivity contribution >= 4 is 5.69 Å². The third-order valence-corrected chi connectivity index (χ3v) is 4.34. The molecule has 24 heavy (non-hydrogen) atoms. The van der Waals surface area contributed by atoms with E-state index < -0.39 is 5.60 Å². The van der Waals surface area contributed by atoms with E-state index in [0.29, 0.717) is 6.61 Å². The van der Waals surface area contributed by atoms with Gasteiger partial charge in [-0.05, 0) is 45.4 Å². The van der Waals surface area contributed by atoms with E-state index in [4.69, 9.17) is 14.2 Å². The number of hydrogen-bond acceptors (Lipinski definition) is 4. The molecule has 0 aromatic heterocycles. The SMILES string of the molecule is CC=CCOC1C(OCCCC)c2cc(NC)ccc2OC1(C)C. The minimum absolute atomic E-state index is 0.131. The molecule has 0 saturated carbocycles. The van der Waals surface area contributed by atoms with Crippen molar-refractivity contribution in [1.29, 1.82) is 0 Å². The zero-order chi connectivity index (χ0) is 17.6. The summed E-state index contributed by atoms with van der Waals surface area (Å²) in [5.41, 5.74) is 1.66. The van der Waals surface area contributed by atoms with Crippen LogP contribution in [0.15, 0.2) is 30.4 Å². The molecule has 1 heterocycles.